The normalized spacial score (nSPS) is 16.8. The molecule has 34 heavy (non-hydrogen) atoms. The topological polar surface area (TPSA) is 74.8 Å². The van der Waals surface area contributed by atoms with E-state index >= 15 is 4.39 Å². The first-order chi connectivity index (χ1) is 16.2. The number of rotatable bonds is 5. The summed E-state index contributed by atoms with van der Waals surface area (Å²) in [4.78, 5) is 33.6. The molecule has 2 aliphatic rings. The number of likely N-dealkylation sites (tertiary alicyclic amines) is 1. The Morgan fingerprint density at radius 2 is 1.76 bits per heavy atom. The van der Waals surface area contributed by atoms with Gasteiger partial charge in [0.15, 0.2) is 0 Å². The number of hydrogen-bond acceptors (Lipinski definition) is 5. The van der Waals surface area contributed by atoms with Gasteiger partial charge in [-0.15, -0.1) is 0 Å². The first-order valence-electron chi connectivity index (χ1n) is 11.9. The highest BCUT2D eigenvalue weighted by Gasteiger charge is 2.40. The Hall–Kier alpha value is -3.16. The van der Waals surface area contributed by atoms with Gasteiger partial charge in [0.25, 0.3) is 5.91 Å². The molecule has 2 aromatic rings. The van der Waals surface area contributed by atoms with Gasteiger partial charge in [-0.3, -0.25) is 9.78 Å². The van der Waals surface area contributed by atoms with Crippen molar-refractivity contribution in [2.45, 2.75) is 64.1 Å². The predicted octanol–water partition coefficient (Wildman–Crippen LogP) is 4.93. The number of nitrogens with one attached hydrogen (secondary N) is 1. The van der Waals surface area contributed by atoms with Gasteiger partial charge in [0.1, 0.15) is 11.4 Å². The molecule has 4 rings (SSSR count). The summed E-state index contributed by atoms with van der Waals surface area (Å²) in [6.07, 6.45) is 6.24. The van der Waals surface area contributed by atoms with Crippen LogP contribution in [0.5, 0.6) is 0 Å². The number of halogens is 1. The van der Waals surface area contributed by atoms with Crippen molar-refractivity contribution in [2.24, 2.45) is 0 Å². The van der Waals surface area contributed by atoms with Crippen molar-refractivity contribution in [3.05, 3.63) is 48.0 Å². The van der Waals surface area contributed by atoms with Crippen molar-refractivity contribution >= 4 is 17.7 Å². The van der Waals surface area contributed by atoms with Crippen LogP contribution in [0.15, 0.2) is 36.7 Å². The molecule has 1 saturated carbocycles. The number of benzene rings is 1. The van der Waals surface area contributed by atoms with E-state index in [1.54, 1.807) is 42.5 Å². The van der Waals surface area contributed by atoms with E-state index in [1.165, 1.54) is 6.07 Å². The maximum Gasteiger partial charge on any atom is 0.410 e. The third kappa shape index (κ3) is 5.32. The predicted molar refractivity (Wildman–Crippen MR) is 129 cm³/mol. The smallest absolute Gasteiger partial charge is 0.410 e. The molecular weight excluding hydrogens is 435 g/mol. The lowest BCUT2D eigenvalue weighted by molar-refractivity contribution is 0.0142. The molecule has 1 saturated heterocycles. The highest BCUT2D eigenvalue weighted by Crippen LogP contribution is 2.35. The lowest BCUT2D eigenvalue weighted by Crippen LogP contribution is -2.50. The van der Waals surface area contributed by atoms with Crippen LogP contribution in [0.25, 0.3) is 11.1 Å². The minimum absolute atomic E-state index is 0.0255. The van der Waals surface area contributed by atoms with E-state index in [1.807, 2.05) is 25.7 Å². The highest BCUT2D eigenvalue weighted by atomic mass is 19.1. The van der Waals surface area contributed by atoms with Crippen LogP contribution < -0.4 is 5.32 Å². The number of carbonyl (C=O) groups excluding carboxylic acids is 2. The van der Waals surface area contributed by atoms with Crippen molar-refractivity contribution in [1.29, 1.82) is 0 Å². The van der Waals surface area contributed by atoms with Crippen LogP contribution >= 0.6 is 0 Å². The van der Waals surface area contributed by atoms with E-state index in [4.69, 9.17) is 4.74 Å². The summed E-state index contributed by atoms with van der Waals surface area (Å²) in [6.45, 7) is 6.63. The molecule has 2 amide bonds. The minimum Gasteiger partial charge on any atom is -0.444 e. The quantitative estimate of drug-likeness (QED) is 0.673. The van der Waals surface area contributed by atoms with E-state index < -0.39 is 11.4 Å². The van der Waals surface area contributed by atoms with Gasteiger partial charge >= 0.3 is 6.09 Å². The summed E-state index contributed by atoms with van der Waals surface area (Å²) in [5.74, 6) is -0.587. The van der Waals surface area contributed by atoms with Gasteiger partial charge in [0, 0.05) is 55.1 Å². The summed E-state index contributed by atoms with van der Waals surface area (Å²) in [5, 5.41) is 3.03. The molecule has 1 aromatic heterocycles. The number of pyridine rings is 1. The number of amides is 2. The van der Waals surface area contributed by atoms with Gasteiger partial charge in [-0.05, 0) is 64.7 Å². The Kier molecular flexibility index (Phi) is 6.77. The zero-order valence-corrected chi connectivity index (χ0v) is 20.3. The van der Waals surface area contributed by atoms with Crippen LogP contribution in [-0.2, 0) is 4.74 Å². The van der Waals surface area contributed by atoms with Crippen molar-refractivity contribution in [1.82, 2.24) is 14.8 Å². The fraction of sp³-hybridized carbons (Fsp3) is 0.500. The average molecular weight is 469 g/mol. The third-order valence-corrected chi connectivity index (χ3v) is 6.28. The van der Waals surface area contributed by atoms with E-state index in [0.717, 1.165) is 18.5 Å². The van der Waals surface area contributed by atoms with Crippen LogP contribution in [0.3, 0.4) is 0 Å². The van der Waals surface area contributed by atoms with Gasteiger partial charge in [0.05, 0.1) is 11.9 Å². The molecule has 2 fully saturated rings. The molecule has 7 nitrogen and oxygen atoms in total. The average Bonchev–Trinajstić information content (AvgIpc) is 3.63. The van der Waals surface area contributed by atoms with Crippen LogP contribution in [0.1, 0.15) is 56.8 Å². The van der Waals surface area contributed by atoms with Crippen LogP contribution in [-0.4, -0.2) is 64.6 Å². The van der Waals surface area contributed by atoms with Crippen LogP contribution in [0.2, 0.25) is 0 Å². The monoisotopic (exact) mass is 468 g/mol. The largest absolute Gasteiger partial charge is 0.444 e. The molecule has 1 aliphatic carbocycles. The number of aromatic nitrogens is 1. The molecule has 1 N–H and O–H groups in total. The second-order valence-corrected chi connectivity index (χ2v) is 10.0. The van der Waals surface area contributed by atoms with Gasteiger partial charge < -0.3 is 19.9 Å². The number of ether oxygens (including phenoxy) is 1. The first kappa shape index (κ1) is 24.0. The minimum atomic E-state index is -0.537. The number of nitrogens with zero attached hydrogens (tertiary/aromatic N) is 3. The van der Waals surface area contributed by atoms with Crippen molar-refractivity contribution in [3.63, 3.8) is 0 Å². The molecule has 0 bridgehead atoms. The van der Waals surface area contributed by atoms with Gasteiger partial charge in [-0.25, -0.2) is 9.18 Å². The molecular formula is C26H33FN4O3. The molecule has 0 spiro atoms. The Balaban J connectivity index is 1.48. The van der Waals surface area contributed by atoms with E-state index in [-0.39, 0.29) is 24.1 Å². The van der Waals surface area contributed by atoms with Crippen LogP contribution in [0.4, 0.5) is 14.9 Å². The molecule has 1 aromatic carbocycles. The van der Waals surface area contributed by atoms with E-state index in [2.05, 4.69) is 10.3 Å². The molecule has 0 unspecified atom stereocenters. The maximum atomic E-state index is 15.1. The Bertz CT molecular complexity index is 1060. The van der Waals surface area contributed by atoms with E-state index in [9.17, 15) is 9.59 Å². The standard InChI is InChI=1S/C26H33FN4O3/c1-26(2,3)34-25(33)30-13-10-19(11-14-30)31(18-6-7-18)24(32)17-5-8-20(22(27)15-17)21-9-12-29-16-23(21)28-4/h5,8-9,12,15-16,18-19,28H,6-7,10-11,13-14H2,1-4H3. The maximum absolute atomic E-state index is 15.1. The lowest BCUT2D eigenvalue weighted by atomic mass is 9.99. The van der Waals surface area contributed by atoms with E-state index in [0.29, 0.717) is 42.6 Å². The Labute approximate surface area is 200 Å². The third-order valence-electron chi connectivity index (χ3n) is 6.28. The summed E-state index contributed by atoms with van der Waals surface area (Å²) in [6, 6.07) is 6.66. The fourth-order valence-electron chi connectivity index (χ4n) is 4.48. The number of carbonyl (C=O) groups is 2. The van der Waals surface area contributed by atoms with Crippen molar-refractivity contribution in [2.75, 3.05) is 25.5 Å². The molecule has 2 heterocycles. The molecule has 1 aliphatic heterocycles. The summed E-state index contributed by atoms with van der Waals surface area (Å²) < 4.78 is 20.6. The Morgan fingerprint density at radius 3 is 2.35 bits per heavy atom. The molecule has 8 heteroatoms. The summed E-state index contributed by atoms with van der Waals surface area (Å²) in [7, 11) is 1.76. The van der Waals surface area contributed by atoms with Crippen LogP contribution in [0, 0.1) is 5.82 Å². The second kappa shape index (κ2) is 9.60. The Morgan fingerprint density at radius 1 is 1.09 bits per heavy atom. The highest BCUT2D eigenvalue weighted by molar-refractivity contribution is 5.95. The lowest BCUT2D eigenvalue weighted by Gasteiger charge is -2.39. The van der Waals surface area contributed by atoms with Crippen molar-refractivity contribution in [3.8, 4) is 11.1 Å². The zero-order valence-electron chi connectivity index (χ0n) is 20.3. The molecule has 182 valence electrons. The van der Waals surface area contributed by atoms with Crippen molar-refractivity contribution < 1.29 is 18.7 Å². The SMILES string of the molecule is CNc1cnccc1-c1ccc(C(=O)N(C2CC2)C2CCN(C(=O)OC(C)(C)C)CC2)cc1F. The first-order valence-corrected chi connectivity index (χ1v) is 11.9. The summed E-state index contributed by atoms with van der Waals surface area (Å²) in [5.41, 5.74) is 1.65. The fourth-order valence-corrected chi connectivity index (χ4v) is 4.48. The zero-order chi connectivity index (χ0) is 24.5. The van der Waals surface area contributed by atoms with Gasteiger partial charge in [-0.1, -0.05) is 6.07 Å². The number of hydrogen-bond donors (Lipinski definition) is 1. The molecule has 0 radical (unpaired) electrons. The second-order valence-electron chi connectivity index (χ2n) is 10.0. The van der Waals surface area contributed by atoms with Gasteiger partial charge in [-0.2, -0.15) is 0 Å². The number of piperidine rings is 1. The number of anilines is 1. The molecule has 0 atom stereocenters. The summed E-state index contributed by atoms with van der Waals surface area (Å²) >= 11 is 0. The van der Waals surface area contributed by atoms with Gasteiger partial charge in [0.2, 0.25) is 0 Å².